The fourth-order valence-corrected chi connectivity index (χ4v) is 2.27. The number of nitro benzene ring substituents is 1. The van der Waals surface area contributed by atoms with Crippen molar-refractivity contribution in [2.75, 3.05) is 19.0 Å². The molecular weight excluding hydrogens is 324 g/mol. The van der Waals surface area contributed by atoms with Gasteiger partial charge in [0, 0.05) is 12.1 Å². The fraction of sp³-hybridized carbons (Fsp3) is 0.167. The first-order chi connectivity index (χ1) is 12.0. The monoisotopic (exact) mass is 342 g/mol. The first-order valence-electron chi connectivity index (χ1n) is 7.52. The van der Waals surface area contributed by atoms with Crippen molar-refractivity contribution >= 4 is 23.4 Å². The van der Waals surface area contributed by atoms with Crippen molar-refractivity contribution < 1.29 is 19.6 Å². The van der Waals surface area contributed by atoms with E-state index in [1.54, 1.807) is 12.1 Å². The van der Waals surface area contributed by atoms with Gasteiger partial charge in [0.15, 0.2) is 0 Å². The van der Waals surface area contributed by atoms with Crippen LogP contribution in [0.4, 0.5) is 11.4 Å². The lowest BCUT2D eigenvalue weighted by molar-refractivity contribution is -0.384. The summed E-state index contributed by atoms with van der Waals surface area (Å²) in [6.45, 7) is -0.217. The first kappa shape index (κ1) is 18.2. The van der Waals surface area contributed by atoms with Gasteiger partial charge in [-0.2, -0.15) is 0 Å². The molecule has 0 heterocycles. The zero-order valence-corrected chi connectivity index (χ0v) is 13.6. The van der Waals surface area contributed by atoms with Crippen molar-refractivity contribution in [1.82, 2.24) is 0 Å². The van der Waals surface area contributed by atoms with Gasteiger partial charge >= 0.3 is 5.97 Å². The molecule has 2 N–H and O–H groups in total. The van der Waals surface area contributed by atoms with Crippen LogP contribution in [0.1, 0.15) is 17.2 Å². The molecular formula is C18H18N2O5. The highest BCUT2D eigenvalue weighted by Crippen LogP contribution is 2.29. The molecule has 0 saturated heterocycles. The molecule has 0 aliphatic carbocycles. The molecule has 2 rings (SSSR count). The van der Waals surface area contributed by atoms with Crippen LogP contribution >= 0.6 is 0 Å². The maximum Gasteiger partial charge on any atom is 0.330 e. The number of benzene rings is 2. The summed E-state index contributed by atoms with van der Waals surface area (Å²) in [5.41, 5.74) is 1.43. The summed E-state index contributed by atoms with van der Waals surface area (Å²) < 4.78 is 4.49. The third kappa shape index (κ3) is 4.89. The summed E-state index contributed by atoms with van der Waals surface area (Å²) in [7, 11) is 1.25. The minimum absolute atomic E-state index is 0.151. The van der Waals surface area contributed by atoms with E-state index in [1.807, 2.05) is 30.3 Å². The molecule has 0 aliphatic heterocycles. The molecule has 0 unspecified atom stereocenters. The van der Waals surface area contributed by atoms with Crippen LogP contribution in [-0.4, -0.2) is 29.7 Å². The van der Waals surface area contributed by atoms with Gasteiger partial charge in [-0.25, -0.2) is 4.79 Å². The van der Waals surface area contributed by atoms with E-state index in [2.05, 4.69) is 10.1 Å². The van der Waals surface area contributed by atoms with Gasteiger partial charge < -0.3 is 15.2 Å². The van der Waals surface area contributed by atoms with Crippen LogP contribution in [0, 0.1) is 10.1 Å². The number of esters is 1. The van der Waals surface area contributed by atoms with E-state index in [4.69, 9.17) is 0 Å². The summed E-state index contributed by atoms with van der Waals surface area (Å²) in [4.78, 5) is 22.0. The number of ether oxygens (including phenoxy) is 1. The van der Waals surface area contributed by atoms with Crippen LogP contribution < -0.4 is 5.32 Å². The third-order valence-electron chi connectivity index (χ3n) is 3.55. The lowest BCUT2D eigenvalue weighted by Gasteiger charge is -2.18. The van der Waals surface area contributed by atoms with Crippen molar-refractivity contribution in [3.05, 3.63) is 75.8 Å². The minimum atomic E-state index is -0.547. The predicted octanol–water partition coefficient (Wildman–Crippen LogP) is 2.93. The van der Waals surface area contributed by atoms with Crippen molar-refractivity contribution in [3.63, 3.8) is 0 Å². The molecule has 7 heteroatoms. The Morgan fingerprint density at radius 2 is 2.04 bits per heavy atom. The number of aliphatic hydroxyl groups excluding tert-OH is 1. The lowest BCUT2D eigenvalue weighted by Crippen LogP contribution is -2.15. The number of rotatable bonds is 7. The zero-order valence-electron chi connectivity index (χ0n) is 13.6. The summed E-state index contributed by atoms with van der Waals surface area (Å²) in [5, 5.41) is 24.0. The Hall–Kier alpha value is -3.19. The molecule has 25 heavy (non-hydrogen) atoms. The zero-order chi connectivity index (χ0) is 18.2. The Balaban J connectivity index is 2.29. The van der Waals surface area contributed by atoms with Gasteiger partial charge in [-0.1, -0.05) is 36.4 Å². The summed E-state index contributed by atoms with van der Waals surface area (Å²) >= 11 is 0. The Labute approximate surface area is 144 Å². The normalized spacial score (nSPS) is 11.9. The van der Waals surface area contributed by atoms with Crippen molar-refractivity contribution in [3.8, 4) is 0 Å². The average Bonchev–Trinajstić information content (AvgIpc) is 2.65. The Kier molecular flexibility index (Phi) is 6.25. The fourth-order valence-electron chi connectivity index (χ4n) is 2.27. The number of carbonyl (C=O) groups is 1. The molecule has 1 atom stereocenters. The van der Waals surface area contributed by atoms with Gasteiger partial charge in [0.05, 0.1) is 24.7 Å². The SMILES string of the molecule is COC(=O)/C=C/c1ccc(N[C@@H](CO)c2ccccc2)c([N+](=O)[O-])c1. The number of aliphatic hydroxyl groups is 1. The average molecular weight is 342 g/mol. The number of nitrogens with zero attached hydrogens (tertiary/aromatic N) is 1. The van der Waals surface area contributed by atoms with Gasteiger partial charge in [-0.15, -0.1) is 0 Å². The lowest BCUT2D eigenvalue weighted by atomic mass is 10.1. The summed E-state index contributed by atoms with van der Waals surface area (Å²) in [6.07, 6.45) is 2.62. The van der Waals surface area contributed by atoms with Crippen LogP contribution in [0.3, 0.4) is 0 Å². The molecule has 0 radical (unpaired) electrons. The van der Waals surface area contributed by atoms with E-state index in [1.165, 1.54) is 25.3 Å². The van der Waals surface area contributed by atoms with Gasteiger partial charge in [-0.05, 0) is 23.3 Å². The smallest absolute Gasteiger partial charge is 0.330 e. The van der Waals surface area contributed by atoms with Crippen LogP contribution in [0.15, 0.2) is 54.6 Å². The number of nitrogens with one attached hydrogen (secondary N) is 1. The topological polar surface area (TPSA) is 102 Å². The standard InChI is InChI=1S/C18H18N2O5/c1-25-18(22)10-8-13-7-9-15(17(11-13)20(23)24)19-16(12-21)14-5-3-2-4-6-14/h2-11,16,19,21H,12H2,1H3/b10-8+/t16-/m0/s1. The predicted molar refractivity (Wildman–Crippen MR) is 94.0 cm³/mol. The van der Waals surface area contributed by atoms with Gasteiger partial charge in [0.1, 0.15) is 5.69 Å². The molecule has 2 aromatic carbocycles. The van der Waals surface area contributed by atoms with Crippen molar-refractivity contribution in [1.29, 1.82) is 0 Å². The summed E-state index contributed by atoms with van der Waals surface area (Å²) in [6, 6.07) is 13.2. The quantitative estimate of drug-likeness (QED) is 0.347. The number of carbonyl (C=O) groups excluding carboxylic acids is 1. The highest BCUT2D eigenvalue weighted by Gasteiger charge is 2.18. The van der Waals surface area contributed by atoms with E-state index < -0.39 is 16.9 Å². The van der Waals surface area contributed by atoms with Crippen LogP contribution in [0.5, 0.6) is 0 Å². The highest BCUT2D eigenvalue weighted by atomic mass is 16.6. The minimum Gasteiger partial charge on any atom is -0.466 e. The highest BCUT2D eigenvalue weighted by molar-refractivity contribution is 5.87. The van der Waals surface area contributed by atoms with Crippen LogP contribution in [0.2, 0.25) is 0 Å². The number of nitro groups is 1. The number of anilines is 1. The molecule has 0 aliphatic rings. The number of methoxy groups -OCH3 is 1. The maximum atomic E-state index is 11.4. The maximum absolute atomic E-state index is 11.4. The van der Waals surface area contributed by atoms with Crippen molar-refractivity contribution in [2.45, 2.75) is 6.04 Å². The van der Waals surface area contributed by atoms with Crippen molar-refractivity contribution in [2.24, 2.45) is 0 Å². The largest absolute Gasteiger partial charge is 0.466 e. The Bertz CT molecular complexity index is 774. The Morgan fingerprint density at radius 1 is 1.32 bits per heavy atom. The first-order valence-corrected chi connectivity index (χ1v) is 7.52. The number of hydrogen-bond donors (Lipinski definition) is 2. The molecule has 0 saturated carbocycles. The van der Waals surface area contributed by atoms with E-state index >= 15 is 0 Å². The second-order valence-corrected chi connectivity index (χ2v) is 5.18. The van der Waals surface area contributed by atoms with Gasteiger partial charge in [0.25, 0.3) is 5.69 Å². The molecule has 0 amide bonds. The number of hydrogen-bond acceptors (Lipinski definition) is 6. The molecule has 130 valence electrons. The van der Waals surface area contributed by atoms with Crippen LogP contribution in [0.25, 0.3) is 6.08 Å². The van der Waals surface area contributed by atoms with E-state index in [-0.39, 0.29) is 18.0 Å². The summed E-state index contributed by atoms with van der Waals surface area (Å²) in [5.74, 6) is -0.547. The van der Waals surface area contributed by atoms with E-state index in [0.717, 1.165) is 5.56 Å². The van der Waals surface area contributed by atoms with Gasteiger partial charge in [-0.3, -0.25) is 10.1 Å². The molecule has 0 aromatic heterocycles. The second-order valence-electron chi connectivity index (χ2n) is 5.18. The molecule has 2 aromatic rings. The van der Waals surface area contributed by atoms with Gasteiger partial charge in [0.2, 0.25) is 0 Å². The Morgan fingerprint density at radius 3 is 2.64 bits per heavy atom. The van der Waals surface area contributed by atoms with E-state index in [9.17, 15) is 20.0 Å². The second kappa shape index (κ2) is 8.60. The molecule has 0 fully saturated rings. The van der Waals surface area contributed by atoms with Crippen LogP contribution in [-0.2, 0) is 9.53 Å². The molecule has 0 bridgehead atoms. The molecule has 7 nitrogen and oxygen atoms in total. The van der Waals surface area contributed by atoms with E-state index in [0.29, 0.717) is 5.56 Å². The third-order valence-corrected chi connectivity index (χ3v) is 3.55. The molecule has 0 spiro atoms.